The molecule has 0 radical (unpaired) electrons. The number of benzene rings is 4. The number of rotatable bonds is 15. The van der Waals surface area contributed by atoms with Crippen molar-refractivity contribution in [2.45, 2.75) is 50.9 Å². The number of hydrogen-bond donors (Lipinski definition) is 4. The van der Waals surface area contributed by atoms with Crippen LogP contribution in [0.4, 0.5) is 5.69 Å². The Hall–Kier alpha value is -5.04. The Morgan fingerprint density at radius 1 is 0.811 bits per heavy atom. The molecular formula is C41H49N5O6S. The van der Waals surface area contributed by atoms with Gasteiger partial charge in [-0.3, -0.25) is 23.6 Å². The standard InChI is InChI=1S/C41H49N5O6S/c1-29(33-17-11-6-12-18-33)43-39(48)34-24-35(26-36(25-34)45(2)53(3,51)52)40(49)44-37(23-30-13-7-4-8-14-30)38(47)41(50)42-27-31-19-21-46(22-20-31)28-32-15-9-5-10-16-32/h4-18,24-26,29,31,37-38,47H,19-23,27-28H2,1-3H3,(H,42,50)(H,43,48)(H,44,49)/t29-,37+,38?/m1/s1. The molecule has 11 nitrogen and oxygen atoms in total. The first-order chi connectivity index (χ1) is 25.4. The minimum atomic E-state index is -3.75. The third-order valence-electron chi connectivity index (χ3n) is 9.74. The number of aliphatic hydroxyl groups excluding tert-OH is 1. The van der Waals surface area contributed by atoms with E-state index in [0.717, 1.165) is 54.2 Å². The maximum Gasteiger partial charge on any atom is 0.251 e. The predicted molar refractivity (Wildman–Crippen MR) is 207 cm³/mol. The molecule has 5 rings (SSSR count). The van der Waals surface area contributed by atoms with Crippen LogP contribution in [0.5, 0.6) is 0 Å². The molecule has 0 aromatic heterocycles. The zero-order valence-corrected chi connectivity index (χ0v) is 31.3. The lowest BCUT2D eigenvalue weighted by molar-refractivity contribution is -0.130. The molecule has 4 aromatic rings. The number of sulfonamides is 1. The van der Waals surface area contributed by atoms with Crippen LogP contribution in [0, 0.1) is 5.92 Å². The molecule has 1 saturated heterocycles. The second-order valence-corrected chi connectivity index (χ2v) is 15.8. The minimum Gasteiger partial charge on any atom is -0.381 e. The van der Waals surface area contributed by atoms with Gasteiger partial charge in [-0.2, -0.15) is 0 Å². The molecule has 1 unspecified atom stereocenters. The van der Waals surface area contributed by atoms with Crippen molar-refractivity contribution in [3.63, 3.8) is 0 Å². The van der Waals surface area contributed by atoms with Crippen LogP contribution in [0.15, 0.2) is 109 Å². The van der Waals surface area contributed by atoms with E-state index in [1.54, 1.807) is 0 Å². The number of amides is 3. The molecule has 1 aliphatic heterocycles. The molecule has 1 heterocycles. The summed E-state index contributed by atoms with van der Waals surface area (Å²) in [4.78, 5) is 43.2. The predicted octanol–water partition coefficient (Wildman–Crippen LogP) is 4.30. The van der Waals surface area contributed by atoms with Gasteiger partial charge in [-0.05, 0) is 80.1 Å². The van der Waals surface area contributed by atoms with Gasteiger partial charge in [-0.15, -0.1) is 0 Å². The van der Waals surface area contributed by atoms with Gasteiger partial charge in [0.2, 0.25) is 10.0 Å². The van der Waals surface area contributed by atoms with E-state index in [9.17, 15) is 27.9 Å². The zero-order valence-electron chi connectivity index (χ0n) is 30.4. The third kappa shape index (κ3) is 11.2. The highest BCUT2D eigenvalue weighted by Crippen LogP contribution is 2.23. The summed E-state index contributed by atoms with van der Waals surface area (Å²) in [5.41, 5.74) is 3.08. The van der Waals surface area contributed by atoms with E-state index in [1.165, 1.54) is 30.8 Å². The number of piperidine rings is 1. The van der Waals surface area contributed by atoms with E-state index in [2.05, 4.69) is 33.0 Å². The van der Waals surface area contributed by atoms with E-state index < -0.39 is 39.9 Å². The highest BCUT2D eigenvalue weighted by molar-refractivity contribution is 7.92. The summed E-state index contributed by atoms with van der Waals surface area (Å²) in [5, 5.41) is 20.0. The third-order valence-corrected chi connectivity index (χ3v) is 10.9. The van der Waals surface area contributed by atoms with Crippen LogP contribution in [-0.2, 0) is 27.8 Å². The summed E-state index contributed by atoms with van der Waals surface area (Å²) in [7, 11) is -2.42. The normalized spacial score (nSPS) is 15.5. The lowest BCUT2D eigenvalue weighted by atomic mass is 9.95. The first-order valence-electron chi connectivity index (χ1n) is 17.9. The van der Waals surface area contributed by atoms with Gasteiger partial charge in [0.1, 0.15) is 0 Å². The molecule has 1 aliphatic rings. The van der Waals surface area contributed by atoms with E-state index >= 15 is 0 Å². The van der Waals surface area contributed by atoms with E-state index in [1.807, 2.05) is 85.8 Å². The monoisotopic (exact) mass is 739 g/mol. The Labute approximate surface area is 312 Å². The number of carbonyl (C=O) groups is 3. The van der Waals surface area contributed by atoms with Gasteiger partial charge in [-0.1, -0.05) is 91.0 Å². The Balaban J connectivity index is 1.30. The second kappa shape index (κ2) is 18.1. The highest BCUT2D eigenvalue weighted by atomic mass is 32.2. The topological polar surface area (TPSA) is 148 Å². The van der Waals surface area contributed by atoms with Crippen LogP contribution in [-0.4, -0.2) is 81.2 Å². The van der Waals surface area contributed by atoms with Gasteiger partial charge in [0.25, 0.3) is 17.7 Å². The summed E-state index contributed by atoms with van der Waals surface area (Å²) in [6.07, 6.45) is 1.39. The van der Waals surface area contributed by atoms with Gasteiger partial charge in [-0.25, -0.2) is 8.42 Å². The number of aliphatic hydroxyl groups is 1. The van der Waals surface area contributed by atoms with Gasteiger partial charge in [0.05, 0.1) is 24.0 Å². The number of anilines is 1. The first-order valence-corrected chi connectivity index (χ1v) is 19.7. The van der Waals surface area contributed by atoms with Gasteiger partial charge in [0.15, 0.2) is 6.10 Å². The van der Waals surface area contributed by atoms with Crippen molar-refractivity contribution in [3.05, 3.63) is 137 Å². The van der Waals surface area contributed by atoms with Crippen molar-refractivity contribution in [2.75, 3.05) is 37.2 Å². The maximum absolute atomic E-state index is 13.9. The molecule has 0 bridgehead atoms. The Morgan fingerprint density at radius 2 is 1.34 bits per heavy atom. The highest BCUT2D eigenvalue weighted by Gasteiger charge is 2.30. The Kier molecular flexibility index (Phi) is 13.4. The Morgan fingerprint density at radius 3 is 1.91 bits per heavy atom. The van der Waals surface area contributed by atoms with Crippen LogP contribution < -0.4 is 20.3 Å². The SMILES string of the molecule is C[C@@H](NC(=O)c1cc(C(=O)N[C@@H](Cc2ccccc2)C(O)C(=O)NCC2CCN(Cc3ccccc3)CC2)cc(N(C)S(C)(=O)=O)c1)c1ccccc1. The van der Waals surface area contributed by atoms with E-state index in [-0.39, 0.29) is 35.2 Å². The fourth-order valence-corrected chi connectivity index (χ4v) is 6.92. The molecule has 53 heavy (non-hydrogen) atoms. The van der Waals surface area contributed by atoms with E-state index in [0.29, 0.717) is 6.54 Å². The number of hydrogen-bond acceptors (Lipinski definition) is 7. The Bertz CT molecular complexity index is 1940. The van der Waals surface area contributed by atoms with Crippen molar-refractivity contribution in [3.8, 4) is 0 Å². The molecular weight excluding hydrogens is 691 g/mol. The minimum absolute atomic E-state index is 0.0107. The molecule has 3 amide bonds. The summed E-state index contributed by atoms with van der Waals surface area (Å²) >= 11 is 0. The van der Waals surface area contributed by atoms with Crippen molar-refractivity contribution in [1.29, 1.82) is 0 Å². The molecule has 12 heteroatoms. The summed E-state index contributed by atoms with van der Waals surface area (Å²) in [5.74, 6) is -1.54. The van der Waals surface area contributed by atoms with Crippen molar-refractivity contribution in [1.82, 2.24) is 20.9 Å². The summed E-state index contributed by atoms with van der Waals surface area (Å²) in [6, 6.07) is 31.6. The lowest BCUT2D eigenvalue weighted by Crippen LogP contribution is -2.52. The number of carbonyl (C=O) groups excluding carboxylic acids is 3. The fraction of sp³-hybridized carbons (Fsp3) is 0.341. The molecule has 4 N–H and O–H groups in total. The molecule has 3 atom stereocenters. The maximum atomic E-state index is 13.9. The fourth-order valence-electron chi connectivity index (χ4n) is 6.44. The van der Waals surface area contributed by atoms with Crippen molar-refractivity contribution >= 4 is 33.4 Å². The number of nitrogens with zero attached hydrogens (tertiary/aromatic N) is 2. The molecule has 1 fully saturated rings. The van der Waals surface area contributed by atoms with E-state index in [4.69, 9.17) is 0 Å². The van der Waals surface area contributed by atoms with Gasteiger partial charge >= 0.3 is 0 Å². The average Bonchev–Trinajstić information content (AvgIpc) is 3.17. The number of likely N-dealkylation sites (tertiary alicyclic amines) is 1. The smallest absolute Gasteiger partial charge is 0.251 e. The van der Waals surface area contributed by atoms with Crippen LogP contribution >= 0.6 is 0 Å². The quantitative estimate of drug-likeness (QED) is 0.142. The van der Waals surface area contributed by atoms with Gasteiger partial charge < -0.3 is 21.1 Å². The van der Waals surface area contributed by atoms with Crippen molar-refractivity contribution < 1.29 is 27.9 Å². The number of nitrogens with one attached hydrogen (secondary N) is 3. The first kappa shape index (κ1) is 39.2. The van der Waals surface area contributed by atoms with Crippen LogP contribution in [0.3, 0.4) is 0 Å². The summed E-state index contributed by atoms with van der Waals surface area (Å²) < 4.78 is 26.0. The molecule has 0 saturated carbocycles. The molecule has 4 aromatic carbocycles. The van der Waals surface area contributed by atoms with Crippen LogP contribution in [0.25, 0.3) is 0 Å². The summed E-state index contributed by atoms with van der Waals surface area (Å²) in [6.45, 7) is 4.92. The largest absolute Gasteiger partial charge is 0.381 e. The molecule has 0 spiro atoms. The van der Waals surface area contributed by atoms with Crippen LogP contribution in [0.1, 0.15) is 63.2 Å². The lowest BCUT2D eigenvalue weighted by Gasteiger charge is -2.32. The molecule has 0 aliphatic carbocycles. The van der Waals surface area contributed by atoms with Crippen molar-refractivity contribution in [2.24, 2.45) is 5.92 Å². The van der Waals surface area contributed by atoms with Crippen LogP contribution in [0.2, 0.25) is 0 Å². The van der Waals surface area contributed by atoms with Gasteiger partial charge in [0, 0.05) is 31.3 Å². The molecule has 280 valence electrons. The zero-order chi connectivity index (χ0) is 38.0. The average molecular weight is 740 g/mol. The second-order valence-electron chi connectivity index (χ2n) is 13.8.